The number of nitrogens with one attached hydrogen (secondary N) is 2. The molecule has 5 nitrogen and oxygen atoms in total. The van der Waals surface area contributed by atoms with Gasteiger partial charge in [-0.1, -0.05) is 0 Å². The Hall–Kier alpha value is -2.43. The van der Waals surface area contributed by atoms with Crippen LogP contribution in [-0.2, 0) is 17.6 Å². The van der Waals surface area contributed by atoms with E-state index in [1.807, 2.05) is 24.3 Å². The number of furan rings is 1. The van der Waals surface area contributed by atoms with Crippen LogP contribution in [0.5, 0.6) is 0 Å². The maximum atomic E-state index is 11.3. The van der Waals surface area contributed by atoms with Gasteiger partial charge in [0.1, 0.15) is 5.76 Å². The highest BCUT2D eigenvalue weighted by Crippen LogP contribution is 2.30. The summed E-state index contributed by atoms with van der Waals surface area (Å²) in [7, 11) is 0. The van der Waals surface area contributed by atoms with Gasteiger partial charge in [-0.05, 0) is 36.2 Å². The van der Waals surface area contributed by atoms with Crippen molar-refractivity contribution < 1.29 is 9.21 Å². The molecule has 0 spiro atoms. The minimum absolute atomic E-state index is 0.0513. The maximum Gasteiger partial charge on any atom is 0.224 e. The van der Waals surface area contributed by atoms with Crippen LogP contribution in [0.3, 0.4) is 0 Å². The molecular formula is C15H17N3O2. The number of nitrogens with two attached hydrogens (primary N) is 1. The Kier molecular flexibility index (Phi) is 3.33. The van der Waals surface area contributed by atoms with Gasteiger partial charge in [0.15, 0.2) is 0 Å². The molecule has 2 heterocycles. The molecule has 0 radical (unpaired) electrons. The van der Waals surface area contributed by atoms with Crippen LogP contribution in [0.15, 0.2) is 34.9 Å². The Morgan fingerprint density at radius 2 is 2.25 bits per heavy atom. The first-order valence-electron chi connectivity index (χ1n) is 6.71. The summed E-state index contributed by atoms with van der Waals surface area (Å²) in [4.78, 5) is 11.3. The van der Waals surface area contributed by atoms with Crippen molar-refractivity contribution in [3.63, 3.8) is 0 Å². The molecule has 0 atom stereocenters. The minimum atomic E-state index is 0.0513. The van der Waals surface area contributed by atoms with E-state index in [0.29, 0.717) is 12.1 Å². The summed E-state index contributed by atoms with van der Waals surface area (Å²) in [5.74, 6) is 0.997. The molecule has 0 unspecified atom stereocenters. The van der Waals surface area contributed by atoms with Gasteiger partial charge in [0.25, 0.3) is 0 Å². The smallest absolute Gasteiger partial charge is 0.224 e. The zero-order valence-corrected chi connectivity index (χ0v) is 11.1. The van der Waals surface area contributed by atoms with E-state index in [0.717, 1.165) is 42.1 Å². The average molecular weight is 271 g/mol. The lowest BCUT2D eigenvalue weighted by Gasteiger charge is -2.19. The molecule has 1 amide bonds. The van der Waals surface area contributed by atoms with Gasteiger partial charge in [0.05, 0.1) is 17.6 Å². The molecule has 5 heteroatoms. The highest BCUT2D eigenvalue weighted by molar-refractivity contribution is 5.95. The second kappa shape index (κ2) is 5.28. The standard InChI is InChI=1S/C15H17N3O2/c16-12-9-13-10(3-4-15(19)18-13)8-14(12)17-6-5-11-2-1-7-20-11/h1-2,7-9,17H,3-6,16H2,(H,18,19). The molecule has 1 aromatic heterocycles. The van der Waals surface area contributed by atoms with Gasteiger partial charge >= 0.3 is 0 Å². The van der Waals surface area contributed by atoms with Gasteiger partial charge in [0, 0.05) is 25.1 Å². The molecule has 1 aromatic carbocycles. The summed E-state index contributed by atoms with van der Waals surface area (Å²) < 4.78 is 5.29. The number of nitrogen functional groups attached to an aromatic ring is 1. The number of hydrogen-bond acceptors (Lipinski definition) is 4. The quantitative estimate of drug-likeness (QED) is 0.746. The van der Waals surface area contributed by atoms with E-state index in [-0.39, 0.29) is 5.91 Å². The molecule has 0 fully saturated rings. The Balaban J connectivity index is 1.69. The predicted octanol–water partition coefficient (Wildman–Crippen LogP) is 2.40. The van der Waals surface area contributed by atoms with Crippen molar-refractivity contribution in [1.82, 2.24) is 0 Å². The lowest BCUT2D eigenvalue weighted by molar-refractivity contribution is -0.116. The summed E-state index contributed by atoms with van der Waals surface area (Å²) >= 11 is 0. The summed E-state index contributed by atoms with van der Waals surface area (Å²) in [6.45, 7) is 0.753. The first kappa shape index (κ1) is 12.6. The van der Waals surface area contributed by atoms with Gasteiger partial charge < -0.3 is 20.8 Å². The molecule has 3 rings (SSSR count). The number of carbonyl (C=O) groups is 1. The van der Waals surface area contributed by atoms with Crippen LogP contribution in [0.2, 0.25) is 0 Å². The van der Waals surface area contributed by atoms with E-state index < -0.39 is 0 Å². The number of fused-ring (bicyclic) bond motifs is 1. The van der Waals surface area contributed by atoms with Gasteiger partial charge in [-0.15, -0.1) is 0 Å². The lowest BCUT2D eigenvalue weighted by atomic mass is 10.0. The van der Waals surface area contributed by atoms with E-state index in [9.17, 15) is 4.79 Å². The van der Waals surface area contributed by atoms with E-state index in [2.05, 4.69) is 10.6 Å². The van der Waals surface area contributed by atoms with Gasteiger partial charge in [-0.3, -0.25) is 4.79 Å². The highest BCUT2D eigenvalue weighted by Gasteiger charge is 2.16. The zero-order chi connectivity index (χ0) is 13.9. The zero-order valence-electron chi connectivity index (χ0n) is 11.1. The van der Waals surface area contributed by atoms with Crippen molar-refractivity contribution in [3.8, 4) is 0 Å². The van der Waals surface area contributed by atoms with Crippen LogP contribution in [0.25, 0.3) is 0 Å². The first-order valence-corrected chi connectivity index (χ1v) is 6.71. The van der Waals surface area contributed by atoms with Crippen LogP contribution in [-0.4, -0.2) is 12.5 Å². The van der Waals surface area contributed by atoms with Crippen LogP contribution in [0, 0.1) is 0 Å². The molecule has 0 bridgehead atoms. The third-order valence-electron chi connectivity index (χ3n) is 3.44. The molecule has 0 saturated heterocycles. The van der Waals surface area contributed by atoms with Crippen molar-refractivity contribution >= 4 is 23.0 Å². The number of hydrogen-bond donors (Lipinski definition) is 3. The van der Waals surface area contributed by atoms with Crippen LogP contribution in [0.4, 0.5) is 17.1 Å². The largest absolute Gasteiger partial charge is 0.469 e. The molecule has 0 saturated carbocycles. The molecule has 0 aliphatic carbocycles. The Morgan fingerprint density at radius 1 is 1.35 bits per heavy atom. The number of amides is 1. The first-order chi connectivity index (χ1) is 9.72. The van der Waals surface area contributed by atoms with Crippen molar-refractivity contribution in [1.29, 1.82) is 0 Å². The normalized spacial score (nSPS) is 13.7. The lowest BCUT2D eigenvalue weighted by Crippen LogP contribution is -2.19. The molecule has 1 aliphatic rings. The van der Waals surface area contributed by atoms with E-state index in [1.54, 1.807) is 6.26 Å². The number of aryl methyl sites for hydroxylation is 1. The number of rotatable bonds is 4. The minimum Gasteiger partial charge on any atom is -0.469 e. The topological polar surface area (TPSA) is 80.3 Å². The Bertz CT molecular complexity index is 620. The fourth-order valence-corrected chi connectivity index (χ4v) is 2.37. The molecular weight excluding hydrogens is 254 g/mol. The number of benzene rings is 1. The monoisotopic (exact) mass is 271 g/mol. The fraction of sp³-hybridized carbons (Fsp3) is 0.267. The fourth-order valence-electron chi connectivity index (χ4n) is 2.37. The van der Waals surface area contributed by atoms with Crippen molar-refractivity contribution in [2.24, 2.45) is 0 Å². The predicted molar refractivity (Wildman–Crippen MR) is 78.7 cm³/mol. The van der Waals surface area contributed by atoms with Crippen molar-refractivity contribution in [2.75, 3.05) is 22.9 Å². The second-order valence-corrected chi connectivity index (χ2v) is 4.90. The Morgan fingerprint density at radius 3 is 3.05 bits per heavy atom. The third kappa shape index (κ3) is 2.61. The highest BCUT2D eigenvalue weighted by atomic mass is 16.3. The summed E-state index contributed by atoms with van der Waals surface area (Å²) in [5, 5.41) is 6.16. The van der Waals surface area contributed by atoms with Crippen LogP contribution >= 0.6 is 0 Å². The summed E-state index contributed by atoms with van der Waals surface area (Å²) in [6.07, 6.45) is 3.77. The third-order valence-corrected chi connectivity index (χ3v) is 3.44. The van der Waals surface area contributed by atoms with Gasteiger partial charge in [0.2, 0.25) is 5.91 Å². The van der Waals surface area contributed by atoms with Gasteiger partial charge in [-0.25, -0.2) is 0 Å². The average Bonchev–Trinajstić information content (AvgIpc) is 2.93. The number of anilines is 3. The SMILES string of the molecule is Nc1cc2c(cc1NCCc1ccco1)CCC(=O)N2. The van der Waals surface area contributed by atoms with E-state index in [1.165, 1.54) is 0 Å². The van der Waals surface area contributed by atoms with E-state index >= 15 is 0 Å². The summed E-state index contributed by atoms with van der Waals surface area (Å²) in [5.41, 5.74) is 9.52. The summed E-state index contributed by atoms with van der Waals surface area (Å²) in [6, 6.07) is 7.67. The van der Waals surface area contributed by atoms with Crippen LogP contribution < -0.4 is 16.4 Å². The molecule has 2 aromatic rings. The maximum absolute atomic E-state index is 11.3. The van der Waals surface area contributed by atoms with E-state index in [4.69, 9.17) is 10.2 Å². The molecule has 20 heavy (non-hydrogen) atoms. The molecule has 1 aliphatic heterocycles. The Labute approximate surface area is 117 Å². The van der Waals surface area contributed by atoms with Crippen molar-refractivity contribution in [3.05, 3.63) is 41.9 Å². The molecule has 104 valence electrons. The molecule has 4 N–H and O–H groups in total. The number of carbonyl (C=O) groups excluding carboxylic acids is 1. The second-order valence-electron chi connectivity index (χ2n) is 4.90. The van der Waals surface area contributed by atoms with Crippen molar-refractivity contribution in [2.45, 2.75) is 19.3 Å². The van der Waals surface area contributed by atoms with Gasteiger partial charge in [-0.2, -0.15) is 0 Å². The van der Waals surface area contributed by atoms with Crippen LogP contribution in [0.1, 0.15) is 17.7 Å².